The smallest absolute Gasteiger partial charge is 0.416 e. The van der Waals surface area contributed by atoms with Crippen molar-refractivity contribution in [2.45, 2.75) is 62.5 Å². The standard InChI is InChI=1S/C24H28F3N5O2/c1-28-22(16-3-2-4-17(11-16)24(25,26)27)23(33)31-10-9-18-7-8-21(32(18)14-31)34-20-13-29-19(12-30-20)15-5-6-15/h2-4,11-13,15,18,21-22,28H,5-10,14H2,1H3/t18-,21-,22+/m0/s1. The molecule has 0 bridgehead atoms. The fraction of sp³-hybridized carbons (Fsp3) is 0.542. The number of hydrogen-bond donors (Lipinski definition) is 1. The van der Waals surface area contributed by atoms with Gasteiger partial charge in [-0.2, -0.15) is 13.2 Å². The second kappa shape index (κ2) is 9.14. The van der Waals surface area contributed by atoms with Crippen LogP contribution in [0.4, 0.5) is 13.2 Å². The number of nitrogens with zero attached hydrogens (tertiary/aromatic N) is 4. The number of carbonyl (C=O) groups is 1. The lowest BCUT2D eigenvalue weighted by Gasteiger charge is -2.41. The van der Waals surface area contributed by atoms with Gasteiger partial charge in [0.25, 0.3) is 0 Å². The molecule has 0 spiro atoms. The molecule has 10 heteroatoms. The highest BCUT2D eigenvalue weighted by molar-refractivity contribution is 5.83. The number of amides is 1. The van der Waals surface area contributed by atoms with Crippen LogP contribution in [0.5, 0.6) is 5.88 Å². The van der Waals surface area contributed by atoms with E-state index in [9.17, 15) is 18.0 Å². The van der Waals surface area contributed by atoms with Gasteiger partial charge < -0.3 is 15.0 Å². The normalized spacial score (nSPS) is 24.1. The maximum absolute atomic E-state index is 13.3. The van der Waals surface area contributed by atoms with Gasteiger partial charge in [-0.25, -0.2) is 9.88 Å². The SMILES string of the molecule is CN[C@@H](C(=O)N1CC[C@@H]2CC[C@H](Oc3cnc(C4CC4)cn3)N2C1)c1cccc(C(F)(F)F)c1. The van der Waals surface area contributed by atoms with E-state index < -0.39 is 17.8 Å². The van der Waals surface area contributed by atoms with Crippen molar-refractivity contribution in [3.05, 3.63) is 53.5 Å². The fourth-order valence-electron chi connectivity index (χ4n) is 4.92. The predicted molar refractivity (Wildman–Crippen MR) is 118 cm³/mol. The monoisotopic (exact) mass is 475 g/mol. The third-order valence-corrected chi connectivity index (χ3v) is 6.95. The van der Waals surface area contributed by atoms with Gasteiger partial charge in [0.1, 0.15) is 6.04 Å². The van der Waals surface area contributed by atoms with E-state index in [1.807, 2.05) is 0 Å². The van der Waals surface area contributed by atoms with E-state index >= 15 is 0 Å². The van der Waals surface area contributed by atoms with E-state index in [4.69, 9.17) is 4.74 Å². The van der Waals surface area contributed by atoms with E-state index in [1.165, 1.54) is 6.07 Å². The quantitative estimate of drug-likeness (QED) is 0.687. The van der Waals surface area contributed by atoms with E-state index in [2.05, 4.69) is 20.2 Å². The number of ether oxygens (including phenoxy) is 1. The molecule has 3 fully saturated rings. The summed E-state index contributed by atoms with van der Waals surface area (Å²) < 4.78 is 45.7. The van der Waals surface area contributed by atoms with Crippen LogP contribution in [0.25, 0.3) is 0 Å². The molecule has 3 aliphatic rings. The highest BCUT2D eigenvalue weighted by atomic mass is 19.4. The number of likely N-dealkylation sites (N-methyl/N-ethyl adjacent to an activating group) is 1. The molecule has 182 valence electrons. The van der Waals surface area contributed by atoms with Crippen LogP contribution in [0, 0.1) is 0 Å². The number of fused-ring (bicyclic) bond motifs is 1. The molecule has 7 nitrogen and oxygen atoms in total. The lowest BCUT2D eigenvalue weighted by Crippen LogP contribution is -2.55. The van der Waals surface area contributed by atoms with E-state index in [0.717, 1.165) is 49.9 Å². The molecule has 2 saturated heterocycles. The molecule has 2 aliphatic heterocycles. The van der Waals surface area contributed by atoms with E-state index in [0.29, 0.717) is 36.6 Å². The highest BCUT2D eigenvalue weighted by Crippen LogP contribution is 2.39. The summed E-state index contributed by atoms with van der Waals surface area (Å²) >= 11 is 0. The van der Waals surface area contributed by atoms with E-state index in [1.54, 1.807) is 30.4 Å². The summed E-state index contributed by atoms with van der Waals surface area (Å²) in [6, 6.07) is 4.38. The van der Waals surface area contributed by atoms with Crippen LogP contribution in [-0.2, 0) is 11.0 Å². The zero-order valence-electron chi connectivity index (χ0n) is 19.0. The number of hydrogen-bond acceptors (Lipinski definition) is 6. The summed E-state index contributed by atoms with van der Waals surface area (Å²) in [7, 11) is 1.58. The van der Waals surface area contributed by atoms with Crippen LogP contribution in [0.2, 0.25) is 0 Å². The topological polar surface area (TPSA) is 70.6 Å². The van der Waals surface area contributed by atoms with Crippen LogP contribution < -0.4 is 10.1 Å². The van der Waals surface area contributed by atoms with Crippen molar-refractivity contribution in [2.75, 3.05) is 20.3 Å². The maximum Gasteiger partial charge on any atom is 0.416 e. The Kier molecular flexibility index (Phi) is 6.20. The minimum atomic E-state index is -4.46. The Morgan fingerprint density at radius 3 is 2.65 bits per heavy atom. The van der Waals surface area contributed by atoms with Gasteiger partial charge >= 0.3 is 6.18 Å². The van der Waals surface area contributed by atoms with Crippen LogP contribution in [0.3, 0.4) is 0 Å². The first-order valence-electron chi connectivity index (χ1n) is 11.7. The van der Waals surface area contributed by atoms with E-state index in [-0.39, 0.29) is 12.1 Å². The predicted octanol–water partition coefficient (Wildman–Crippen LogP) is 3.69. The Morgan fingerprint density at radius 1 is 1.15 bits per heavy atom. The third kappa shape index (κ3) is 4.74. The zero-order valence-corrected chi connectivity index (χ0v) is 19.0. The van der Waals surface area contributed by atoms with Gasteiger partial charge in [0.15, 0.2) is 6.23 Å². The third-order valence-electron chi connectivity index (χ3n) is 6.95. The largest absolute Gasteiger partial charge is 0.457 e. The Morgan fingerprint density at radius 2 is 1.97 bits per heavy atom. The lowest BCUT2D eigenvalue weighted by atomic mass is 10.0. The number of benzene rings is 1. The maximum atomic E-state index is 13.3. The van der Waals surface area contributed by atoms with Crippen LogP contribution in [0.15, 0.2) is 36.7 Å². The number of nitrogens with one attached hydrogen (secondary N) is 1. The van der Waals surface area contributed by atoms with Crippen LogP contribution >= 0.6 is 0 Å². The molecule has 1 N–H and O–H groups in total. The molecule has 0 radical (unpaired) electrons. The molecule has 2 aromatic rings. The summed E-state index contributed by atoms with van der Waals surface area (Å²) in [5, 5.41) is 2.90. The van der Waals surface area contributed by atoms with Crippen LogP contribution in [0.1, 0.15) is 60.9 Å². The van der Waals surface area contributed by atoms with Crippen molar-refractivity contribution in [3.8, 4) is 5.88 Å². The van der Waals surface area contributed by atoms with Gasteiger partial charge in [-0.3, -0.25) is 9.78 Å². The summed E-state index contributed by atoms with van der Waals surface area (Å²) in [6.45, 7) is 0.915. The molecule has 1 aliphatic carbocycles. The molecule has 5 rings (SSSR count). The summed E-state index contributed by atoms with van der Waals surface area (Å²) in [5.74, 6) is 0.742. The Balaban J connectivity index is 1.27. The molecule has 0 unspecified atom stereocenters. The first kappa shape index (κ1) is 23.0. The number of aromatic nitrogens is 2. The average molecular weight is 476 g/mol. The molecule has 1 amide bonds. The molecule has 1 aromatic carbocycles. The second-order valence-corrected chi connectivity index (χ2v) is 9.25. The second-order valence-electron chi connectivity index (χ2n) is 9.25. The van der Waals surface area contributed by atoms with Crippen molar-refractivity contribution in [2.24, 2.45) is 0 Å². The number of rotatable bonds is 6. The molecule has 3 heterocycles. The first-order valence-corrected chi connectivity index (χ1v) is 11.7. The number of halogens is 3. The van der Waals surface area contributed by atoms with Crippen molar-refractivity contribution < 1.29 is 22.7 Å². The van der Waals surface area contributed by atoms with Crippen molar-refractivity contribution in [1.82, 2.24) is 25.1 Å². The van der Waals surface area contributed by atoms with Gasteiger partial charge in [0, 0.05) is 18.5 Å². The Labute approximate surface area is 196 Å². The Hall–Kier alpha value is -2.72. The zero-order chi connectivity index (χ0) is 23.9. The van der Waals surface area contributed by atoms with Crippen LogP contribution in [-0.4, -0.2) is 58.2 Å². The summed E-state index contributed by atoms with van der Waals surface area (Å²) in [5.41, 5.74) is 0.530. The highest BCUT2D eigenvalue weighted by Gasteiger charge is 2.41. The van der Waals surface area contributed by atoms with Gasteiger partial charge in [0.05, 0.1) is 30.3 Å². The molecule has 3 atom stereocenters. The minimum absolute atomic E-state index is 0.219. The van der Waals surface area contributed by atoms with Gasteiger partial charge in [-0.05, 0) is 56.8 Å². The van der Waals surface area contributed by atoms with Crippen molar-refractivity contribution in [3.63, 3.8) is 0 Å². The van der Waals surface area contributed by atoms with Crippen molar-refractivity contribution >= 4 is 5.91 Å². The number of alkyl halides is 3. The molecule has 1 saturated carbocycles. The molecule has 34 heavy (non-hydrogen) atoms. The van der Waals surface area contributed by atoms with Gasteiger partial charge in [-0.1, -0.05) is 12.1 Å². The summed E-state index contributed by atoms with van der Waals surface area (Å²) in [6.07, 6.45) is 3.65. The molecule has 1 aromatic heterocycles. The fourth-order valence-corrected chi connectivity index (χ4v) is 4.92. The average Bonchev–Trinajstić information content (AvgIpc) is 3.61. The first-order chi connectivity index (χ1) is 16.3. The summed E-state index contributed by atoms with van der Waals surface area (Å²) in [4.78, 5) is 26.1. The molecular weight excluding hydrogens is 447 g/mol. The Bertz CT molecular complexity index is 1030. The molecular formula is C24H28F3N5O2. The van der Waals surface area contributed by atoms with Gasteiger partial charge in [0.2, 0.25) is 11.8 Å². The lowest BCUT2D eigenvalue weighted by molar-refractivity contribution is -0.142. The van der Waals surface area contributed by atoms with Crippen molar-refractivity contribution in [1.29, 1.82) is 0 Å². The minimum Gasteiger partial charge on any atom is -0.457 e. The number of carbonyl (C=O) groups excluding carboxylic acids is 1. The van der Waals surface area contributed by atoms with Gasteiger partial charge in [-0.15, -0.1) is 0 Å².